The molecule has 5 rings (SSSR count). The van der Waals surface area contributed by atoms with E-state index in [9.17, 15) is 14.4 Å². The van der Waals surface area contributed by atoms with Crippen molar-refractivity contribution in [2.24, 2.45) is 5.92 Å². The van der Waals surface area contributed by atoms with Gasteiger partial charge in [0.05, 0.1) is 24.4 Å². The lowest BCUT2D eigenvalue weighted by atomic mass is 10.1. The van der Waals surface area contributed by atoms with E-state index in [0.717, 1.165) is 34.0 Å². The average molecular weight is 480 g/mol. The van der Waals surface area contributed by atoms with Gasteiger partial charge in [-0.05, 0) is 31.2 Å². The molecular formula is C24H25N5O4S. The molecule has 4 heterocycles. The zero-order valence-electron chi connectivity index (χ0n) is 18.7. The van der Waals surface area contributed by atoms with Crippen LogP contribution in [0.2, 0.25) is 0 Å². The number of thioether (sulfide) groups is 1. The molecule has 2 aromatic heterocycles. The highest BCUT2D eigenvalue weighted by atomic mass is 32.2. The highest BCUT2D eigenvalue weighted by Gasteiger charge is 2.36. The number of aryl methyl sites for hydroxylation is 1. The Morgan fingerprint density at radius 2 is 2.03 bits per heavy atom. The normalized spacial score (nSPS) is 17.1. The number of carbonyl (C=O) groups excluding carboxylic acids is 3. The van der Waals surface area contributed by atoms with Gasteiger partial charge in [-0.2, -0.15) is 16.9 Å². The van der Waals surface area contributed by atoms with Crippen LogP contribution in [0.15, 0.2) is 47.1 Å². The van der Waals surface area contributed by atoms with Crippen LogP contribution in [0.3, 0.4) is 0 Å². The van der Waals surface area contributed by atoms with Crippen molar-refractivity contribution in [3.8, 4) is 0 Å². The monoisotopic (exact) mass is 479 g/mol. The summed E-state index contributed by atoms with van der Waals surface area (Å²) in [7, 11) is 0. The van der Waals surface area contributed by atoms with Crippen molar-refractivity contribution in [3.05, 3.63) is 65.2 Å². The summed E-state index contributed by atoms with van der Waals surface area (Å²) in [6.07, 6.45) is 1.70. The third-order valence-electron chi connectivity index (χ3n) is 6.04. The number of hydrogen-bond donors (Lipinski definition) is 2. The predicted octanol–water partition coefficient (Wildman–Crippen LogP) is 2.84. The van der Waals surface area contributed by atoms with E-state index in [1.165, 1.54) is 0 Å². The Balaban J connectivity index is 1.27. The minimum absolute atomic E-state index is 0.0208. The van der Waals surface area contributed by atoms with Crippen LogP contribution in [0, 0.1) is 12.8 Å². The van der Waals surface area contributed by atoms with E-state index in [0.29, 0.717) is 18.1 Å². The molecule has 1 aromatic carbocycles. The second-order valence-corrected chi connectivity index (χ2v) is 9.50. The van der Waals surface area contributed by atoms with E-state index >= 15 is 0 Å². The molecule has 0 radical (unpaired) electrons. The van der Waals surface area contributed by atoms with E-state index in [2.05, 4.69) is 15.7 Å². The van der Waals surface area contributed by atoms with Crippen LogP contribution in [0.4, 0.5) is 11.5 Å². The van der Waals surface area contributed by atoms with E-state index in [1.54, 1.807) is 39.7 Å². The van der Waals surface area contributed by atoms with Gasteiger partial charge in [0.1, 0.15) is 18.1 Å². The molecule has 0 bridgehead atoms. The maximum absolute atomic E-state index is 13.2. The van der Waals surface area contributed by atoms with Gasteiger partial charge in [0.2, 0.25) is 17.7 Å². The zero-order chi connectivity index (χ0) is 23.7. The van der Waals surface area contributed by atoms with Crippen LogP contribution in [-0.4, -0.2) is 34.0 Å². The van der Waals surface area contributed by atoms with E-state index < -0.39 is 5.92 Å². The molecule has 9 nitrogen and oxygen atoms in total. The van der Waals surface area contributed by atoms with Gasteiger partial charge in [-0.15, -0.1) is 0 Å². The van der Waals surface area contributed by atoms with Gasteiger partial charge >= 0.3 is 0 Å². The minimum atomic E-state index is -0.477. The summed E-state index contributed by atoms with van der Waals surface area (Å²) < 4.78 is 6.79. The summed E-state index contributed by atoms with van der Waals surface area (Å²) in [5.41, 5.74) is 3.72. The van der Waals surface area contributed by atoms with Crippen LogP contribution in [-0.2, 0) is 39.0 Å². The van der Waals surface area contributed by atoms with E-state index in [1.807, 2.05) is 31.2 Å². The number of rotatable bonds is 7. The molecule has 1 atom stereocenters. The molecular weight excluding hydrogens is 454 g/mol. The van der Waals surface area contributed by atoms with Crippen LogP contribution in [0.1, 0.15) is 29.0 Å². The topological polar surface area (TPSA) is 109 Å². The van der Waals surface area contributed by atoms with Gasteiger partial charge in [-0.3, -0.25) is 14.4 Å². The zero-order valence-corrected chi connectivity index (χ0v) is 19.6. The lowest BCUT2D eigenvalue weighted by Crippen LogP contribution is -2.31. The molecule has 10 heteroatoms. The highest BCUT2D eigenvalue weighted by molar-refractivity contribution is 7.98. The Morgan fingerprint density at radius 1 is 1.21 bits per heavy atom. The summed E-state index contributed by atoms with van der Waals surface area (Å²) in [4.78, 5) is 39.9. The summed E-state index contributed by atoms with van der Waals surface area (Å²) in [5.74, 6) is 1.64. The van der Waals surface area contributed by atoms with E-state index in [4.69, 9.17) is 4.42 Å². The fraction of sp³-hybridized carbons (Fsp3) is 0.333. The number of amides is 3. The number of anilines is 2. The molecule has 1 unspecified atom stereocenters. The Kier molecular flexibility index (Phi) is 6.14. The quantitative estimate of drug-likeness (QED) is 0.539. The fourth-order valence-corrected chi connectivity index (χ4v) is 5.22. The number of nitrogens with zero attached hydrogens (tertiary/aromatic N) is 3. The second kappa shape index (κ2) is 9.38. The second-order valence-electron chi connectivity index (χ2n) is 8.51. The van der Waals surface area contributed by atoms with Crippen molar-refractivity contribution in [2.45, 2.75) is 37.9 Å². The number of nitrogens with one attached hydrogen (secondary N) is 2. The first-order valence-corrected chi connectivity index (χ1v) is 12.3. The van der Waals surface area contributed by atoms with Gasteiger partial charge in [-0.25, -0.2) is 4.68 Å². The largest absolute Gasteiger partial charge is 0.467 e. The Morgan fingerprint density at radius 3 is 2.79 bits per heavy atom. The van der Waals surface area contributed by atoms with Crippen molar-refractivity contribution in [2.75, 3.05) is 16.8 Å². The van der Waals surface area contributed by atoms with Gasteiger partial charge in [0.15, 0.2) is 0 Å². The number of carbonyl (C=O) groups is 3. The molecule has 34 heavy (non-hydrogen) atoms. The third-order valence-corrected chi connectivity index (χ3v) is 7.01. The fourth-order valence-electron chi connectivity index (χ4n) is 4.19. The smallest absolute Gasteiger partial charge is 0.242 e. The standard InChI is InChI=1S/C24H25N5O4S/c1-15-4-6-17(7-5-15)28-11-16(9-22(28)31)24(32)26-23-19-13-34-14-20(19)27-29(23)12-21(30)25-10-18-3-2-8-33-18/h2-8,16H,9-14H2,1H3,(H,25,30)(H,26,32). The molecule has 1 saturated heterocycles. The molecule has 2 aliphatic heterocycles. The molecule has 0 spiro atoms. The van der Waals surface area contributed by atoms with E-state index in [-0.39, 0.29) is 37.2 Å². The Bertz CT molecular complexity index is 1220. The lowest BCUT2D eigenvalue weighted by Gasteiger charge is -2.17. The van der Waals surface area contributed by atoms with Crippen molar-refractivity contribution in [3.63, 3.8) is 0 Å². The van der Waals surface area contributed by atoms with Gasteiger partial charge < -0.3 is 20.0 Å². The minimum Gasteiger partial charge on any atom is -0.467 e. The predicted molar refractivity (Wildman–Crippen MR) is 128 cm³/mol. The molecule has 0 saturated carbocycles. The molecule has 3 aromatic rings. The van der Waals surface area contributed by atoms with Crippen LogP contribution >= 0.6 is 11.8 Å². The van der Waals surface area contributed by atoms with Gasteiger partial charge in [0, 0.05) is 35.7 Å². The summed E-state index contributed by atoms with van der Waals surface area (Å²) in [6, 6.07) is 11.2. The van der Waals surface area contributed by atoms with Crippen molar-refractivity contribution >= 4 is 41.0 Å². The molecule has 1 fully saturated rings. The molecule has 2 N–H and O–H groups in total. The molecule has 0 aliphatic carbocycles. The SMILES string of the molecule is Cc1ccc(N2CC(C(=O)Nc3c4c(nn3CC(=O)NCc3ccco3)CSC4)CC2=O)cc1. The molecule has 2 aliphatic rings. The lowest BCUT2D eigenvalue weighted by molar-refractivity contribution is -0.123. The number of fused-ring (bicyclic) bond motifs is 1. The maximum Gasteiger partial charge on any atom is 0.242 e. The number of hydrogen-bond acceptors (Lipinski definition) is 6. The maximum atomic E-state index is 13.2. The first-order chi connectivity index (χ1) is 16.5. The van der Waals surface area contributed by atoms with Crippen molar-refractivity contribution < 1.29 is 18.8 Å². The Hall–Kier alpha value is -3.53. The first kappa shape index (κ1) is 22.3. The van der Waals surface area contributed by atoms with Crippen LogP contribution < -0.4 is 15.5 Å². The molecule has 3 amide bonds. The summed E-state index contributed by atoms with van der Waals surface area (Å²) >= 11 is 1.72. The van der Waals surface area contributed by atoms with Crippen molar-refractivity contribution in [1.29, 1.82) is 0 Å². The summed E-state index contributed by atoms with van der Waals surface area (Å²) in [6.45, 7) is 2.57. The van der Waals surface area contributed by atoms with Crippen molar-refractivity contribution in [1.82, 2.24) is 15.1 Å². The first-order valence-electron chi connectivity index (χ1n) is 11.1. The van der Waals surface area contributed by atoms with Gasteiger partial charge in [-0.1, -0.05) is 17.7 Å². The Labute approximate surface area is 200 Å². The molecule has 176 valence electrons. The number of furan rings is 1. The van der Waals surface area contributed by atoms with Crippen LogP contribution in [0.5, 0.6) is 0 Å². The highest BCUT2D eigenvalue weighted by Crippen LogP contribution is 2.35. The summed E-state index contributed by atoms with van der Waals surface area (Å²) in [5, 5.41) is 10.3. The third kappa shape index (κ3) is 4.58. The number of benzene rings is 1. The average Bonchev–Trinajstić information content (AvgIpc) is 3.60. The number of aromatic nitrogens is 2. The van der Waals surface area contributed by atoms with Crippen LogP contribution in [0.25, 0.3) is 0 Å². The van der Waals surface area contributed by atoms with Gasteiger partial charge in [0.25, 0.3) is 0 Å².